The molecule has 2 N–H and O–H groups in total. The van der Waals surface area contributed by atoms with E-state index < -0.39 is 0 Å². The fourth-order valence-corrected chi connectivity index (χ4v) is 3.15. The van der Waals surface area contributed by atoms with Crippen molar-refractivity contribution in [3.05, 3.63) is 58.7 Å². The van der Waals surface area contributed by atoms with Crippen LogP contribution in [0, 0.1) is 13.8 Å². The summed E-state index contributed by atoms with van der Waals surface area (Å²) in [5.74, 6) is 0.889. The Kier molecular flexibility index (Phi) is 6.00. The van der Waals surface area contributed by atoms with Crippen molar-refractivity contribution >= 4 is 28.7 Å². The summed E-state index contributed by atoms with van der Waals surface area (Å²) in [5.41, 5.74) is 7.22. The smallest absolute Gasteiger partial charge is 0.175 e. The number of aryl methyl sites for hydroxylation is 2. The first-order valence-electron chi connectivity index (χ1n) is 8.58. The van der Waals surface area contributed by atoms with Gasteiger partial charge in [0.05, 0.1) is 0 Å². The average Bonchev–Trinajstić information content (AvgIpc) is 2.50. The van der Waals surface area contributed by atoms with Gasteiger partial charge in [-0.1, -0.05) is 64.1 Å². The van der Waals surface area contributed by atoms with Crippen LogP contribution in [0.1, 0.15) is 61.8 Å². The third-order valence-electron chi connectivity index (χ3n) is 4.33. The van der Waals surface area contributed by atoms with E-state index in [0.717, 1.165) is 11.4 Å². The molecule has 0 aliphatic rings. The SMILES string of the molecule is Cc1cccc(C(C)C)c1NC(=S)Nc1c(C)cccc1C(C)C. The molecule has 2 rings (SSSR count). The Balaban J connectivity index is 2.28. The van der Waals surface area contributed by atoms with E-state index in [1.165, 1.54) is 22.3 Å². The van der Waals surface area contributed by atoms with Crippen LogP contribution in [0.3, 0.4) is 0 Å². The summed E-state index contributed by atoms with van der Waals surface area (Å²) in [7, 11) is 0. The van der Waals surface area contributed by atoms with E-state index in [4.69, 9.17) is 12.2 Å². The molecule has 0 saturated heterocycles. The Labute approximate surface area is 151 Å². The van der Waals surface area contributed by atoms with Crippen LogP contribution in [0.25, 0.3) is 0 Å². The Hall–Kier alpha value is -1.87. The van der Waals surface area contributed by atoms with Crippen molar-refractivity contribution in [2.75, 3.05) is 10.6 Å². The lowest BCUT2D eigenvalue weighted by Crippen LogP contribution is -2.22. The molecule has 0 atom stereocenters. The second-order valence-electron chi connectivity index (χ2n) is 6.97. The Bertz CT molecular complexity index is 671. The number of rotatable bonds is 4. The van der Waals surface area contributed by atoms with Crippen LogP contribution in [0.4, 0.5) is 11.4 Å². The highest BCUT2D eigenvalue weighted by Gasteiger charge is 2.13. The topological polar surface area (TPSA) is 24.1 Å². The molecule has 128 valence electrons. The lowest BCUT2D eigenvalue weighted by molar-refractivity contribution is 0.867. The molecule has 2 aromatic carbocycles. The number of benzene rings is 2. The number of para-hydroxylation sites is 2. The van der Waals surface area contributed by atoms with Gasteiger partial charge in [0.1, 0.15) is 0 Å². The van der Waals surface area contributed by atoms with E-state index in [1.807, 2.05) is 0 Å². The maximum absolute atomic E-state index is 5.61. The minimum absolute atomic E-state index is 0.444. The minimum atomic E-state index is 0.444. The third kappa shape index (κ3) is 4.15. The number of hydrogen-bond donors (Lipinski definition) is 2. The Morgan fingerprint density at radius 3 is 1.46 bits per heavy atom. The van der Waals surface area contributed by atoms with Crippen molar-refractivity contribution in [2.45, 2.75) is 53.4 Å². The summed E-state index contributed by atoms with van der Waals surface area (Å²) in [6, 6.07) is 12.8. The van der Waals surface area contributed by atoms with Gasteiger partial charge >= 0.3 is 0 Å². The zero-order valence-corrected chi connectivity index (χ0v) is 16.3. The molecule has 0 radical (unpaired) electrons. The van der Waals surface area contributed by atoms with Gasteiger partial charge in [0, 0.05) is 11.4 Å². The van der Waals surface area contributed by atoms with E-state index in [1.54, 1.807) is 0 Å². The molecule has 2 aromatic rings. The molecule has 0 unspecified atom stereocenters. The molecule has 0 heterocycles. The zero-order chi connectivity index (χ0) is 17.9. The molecule has 3 heteroatoms. The van der Waals surface area contributed by atoms with E-state index >= 15 is 0 Å². The van der Waals surface area contributed by atoms with Gasteiger partial charge in [-0.3, -0.25) is 0 Å². The van der Waals surface area contributed by atoms with Crippen LogP contribution in [0.5, 0.6) is 0 Å². The van der Waals surface area contributed by atoms with Gasteiger partial charge in [-0.05, 0) is 60.2 Å². The fourth-order valence-electron chi connectivity index (χ4n) is 2.94. The van der Waals surface area contributed by atoms with Crippen molar-refractivity contribution in [3.63, 3.8) is 0 Å². The Morgan fingerprint density at radius 1 is 0.750 bits per heavy atom. The monoisotopic (exact) mass is 340 g/mol. The highest BCUT2D eigenvalue weighted by Crippen LogP contribution is 2.30. The van der Waals surface area contributed by atoms with Crippen molar-refractivity contribution in [3.8, 4) is 0 Å². The quantitative estimate of drug-likeness (QED) is 0.633. The molecule has 0 bridgehead atoms. The molecule has 0 fully saturated rings. The van der Waals surface area contributed by atoms with Crippen molar-refractivity contribution in [2.24, 2.45) is 0 Å². The summed E-state index contributed by atoms with van der Waals surface area (Å²) in [5, 5.41) is 7.49. The van der Waals surface area contributed by atoms with Crippen LogP contribution in [0.15, 0.2) is 36.4 Å². The second kappa shape index (κ2) is 7.80. The highest BCUT2D eigenvalue weighted by molar-refractivity contribution is 7.80. The minimum Gasteiger partial charge on any atom is -0.332 e. The van der Waals surface area contributed by atoms with E-state index in [0.29, 0.717) is 16.9 Å². The molecule has 0 amide bonds. The van der Waals surface area contributed by atoms with Gasteiger partial charge in [0.15, 0.2) is 5.11 Å². The highest BCUT2D eigenvalue weighted by atomic mass is 32.1. The first-order chi connectivity index (χ1) is 11.3. The standard InChI is InChI=1S/C21H28N2S/c1-13(2)17-11-7-9-15(5)19(17)22-21(24)23-20-16(6)10-8-12-18(20)14(3)4/h7-14H,1-6H3,(H2,22,23,24). The maximum atomic E-state index is 5.61. The zero-order valence-electron chi connectivity index (χ0n) is 15.5. The van der Waals surface area contributed by atoms with Crippen molar-refractivity contribution in [1.29, 1.82) is 0 Å². The normalized spacial score (nSPS) is 11.0. The van der Waals surface area contributed by atoms with Crippen LogP contribution < -0.4 is 10.6 Å². The summed E-state index contributed by atoms with van der Waals surface area (Å²) in [6.45, 7) is 13.0. The predicted octanol–water partition coefficient (Wildman–Crippen LogP) is 6.36. The first kappa shape index (κ1) is 18.5. The molecule has 2 nitrogen and oxygen atoms in total. The molecule has 24 heavy (non-hydrogen) atoms. The average molecular weight is 341 g/mol. The molecular weight excluding hydrogens is 312 g/mol. The van der Waals surface area contributed by atoms with Crippen molar-refractivity contribution in [1.82, 2.24) is 0 Å². The lowest BCUT2D eigenvalue weighted by Gasteiger charge is -2.21. The summed E-state index contributed by atoms with van der Waals surface area (Å²) in [6.07, 6.45) is 0. The molecule has 0 aromatic heterocycles. The number of thiocarbonyl (C=S) groups is 1. The van der Waals surface area contributed by atoms with Crippen LogP contribution in [-0.2, 0) is 0 Å². The molecule has 0 saturated carbocycles. The van der Waals surface area contributed by atoms with Crippen LogP contribution >= 0.6 is 12.2 Å². The van der Waals surface area contributed by atoms with Gasteiger partial charge in [-0.15, -0.1) is 0 Å². The maximum Gasteiger partial charge on any atom is 0.175 e. The number of anilines is 2. The second-order valence-corrected chi connectivity index (χ2v) is 7.38. The van der Waals surface area contributed by atoms with Crippen LogP contribution in [-0.4, -0.2) is 5.11 Å². The molecule has 0 spiro atoms. The molecule has 0 aliphatic carbocycles. The Morgan fingerprint density at radius 2 is 1.12 bits per heavy atom. The molecular formula is C21H28N2S. The van der Waals surface area contributed by atoms with E-state index in [2.05, 4.69) is 88.6 Å². The van der Waals surface area contributed by atoms with Crippen molar-refractivity contribution < 1.29 is 0 Å². The van der Waals surface area contributed by atoms with Gasteiger partial charge < -0.3 is 10.6 Å². The summed E-state index contributed by atoms with van der Waals surface area (Å²) < 4.78 is 0. The summed E-state index contributed by atoms with van der Waals surface area (Å²) >= 11 is 5.61. The van der Waals surface area contributed by atoms with E-state index in [-0.39, 0.29) is 0 Å². The lowest BCUT2D eigenvalue weighted by atomic mass is 9.98. The van der Waals surface area contributed by atoms with E-state index in [9.17, 15) is 0 Å². The van der Waals surface area contributed by atoms with Crippen LogP contribution in [0.2, 0.25) is 0 Å². The third-order valence-corrected chi connectivity index (χ3v) is 4.54. The van der Waals surface area contributed by atoms with Gasteiger partial charge in [-0.2, -0.15) is 0 Å². The largest absolute Gasteiger partial charge is 0.332 e. The predicted molar refractivity (Wildman–Crippen MR) is 110 cm³/mol. The fraction of sp³-hybridized carbons (Fsp3) is 0.381. The molecule has 0 aliphatic heterocycles. The van der Waals surface area contributed by atoms with Gasteiger partial charge in [0.25, 0.3) is 0 Å². The van der Waals surface area contributed by atoms with Gasteiger partial charge in [-0.25, -0.2) is 0 Å². The summed E-state index contributed by atoms with van der Waals surface area (Å²) in [4.78, 5) is 0. The number of hydrogen-bond acceptors (Lipinski definition) is 1. The van der Waals surface area contributed by atoms with Gasteiger partial charge in [0.2, 0.25) is 0 Å². The first-order valence-corrected chi connectivity index (χ1v) is 8.99. The number of nitrogens with one attached hydrogen (secondary N) is 2.